The summed E-state index contributed by atoms with van der Waals surface area (Å²) >= 11 is 0. The lowest BCUT2D eigenvalue weighted by Crippen LogP contribution is -2.46. The molecular formula is C14H15N3O2. The minimum atomic E-state index is -0.720. The Hall–Kier alpha value is -2.35. The van der Waals surface area contributed by atoms with E-state index in [0.29, 0.717) is 12.0 Å². The highest BCUT2D eigenvalue weighted by Crippen LogP contribution is 2.28. The molecule has 0 spiro atoms. The van der Waals surface area contributed by atoms with Gasteiger partial charge in [-0.05, 0) is 30.5 Å². The molecule has 0 bridgehead atoms. The first-order valence-electron chi connectivity index (χ1n) is 6.19. The van der Waals surface area contributed by atoms with Gasteiger partial charge in [0.2, 0.25) is 11.8 Å². The van der Waals surface area contributed by atoms with Crippen molar-refractivity contribution in [1.29, 1.82) is 5.26 Å². The van der Waals surface area contributed by atoms with Gasteiger partial charge in [-0.15, -0.1) is 0 Å². The second kappa shape index (κ2) is 5.53. The highest BCUT2D eigenvalue weighted by Gasteiger charge is 2.32. The molecule has 2 amide bonds. The Kier molecular flexibility index (Phi) is 3.81. The molecule has 1 saturated carbocycles. The van der Waals surface area contributed by atoms with E-state index in [1.165, 1.54) is 0 Å². The molecule has 19 heavy (non-hydrogen) atoms. The fourth-order valence-corrected chi connectivity index (χ4v) is 1.86. The van der Waals surface area contributed by atoms with Crippen molar-refractivity contribution in [3.05, 3.63) is 35.4 Å². The summed E-state index contributed by atoms with van der Waals surface area (Å²) in [5.74, 6) is -0.635. The molecule has 0 aromatic heterocycles. The quantitative estimate of drug-likeness (QED) is 0.803. The van der Waals surface area contributed by atoms with E-state index in [0.717, 1.165) is 18.4 Å². The van der Waals surface area contributed by atoms with Crippen molar-refractivity contribution in [3.63, 3.8) is 0 Å². The second-order valence-corrected chi connectivity index (χ2v) is 4.75. The van der Waals surface area contributed by atoms with Gasteiger partial charge >= 0.3 is 0 Å². The fourth-order valence-electron chi connectivity index (χ4n) is 1.86. The van der Waals surface area contributed by atoms with Gasteiger partial charge in [0.05, 0.1) is 11.6 Å². The third-order valence-corrected chi connectivity index (χ3v) is 3.10. The van der Waals surface area contributed by atoms with Crippen molar-refractivity contribution >= 4 is 11.8 Å². The first-order chi connectivity index (χ1) is 9.10. The lowest BCUT2D eigenvalue weighted by molar-refractivity contribution is -0.128. The number of hydrogen-bond acceptors (Lipinski definition) is 3. The Morgan fingerprint density at radius 2 is 2.21 bits per heavy atom. The highest BCUT2D eigenvalue weighted by molar-refractivity contribution is 5.88. The Balaban J connectivity index is 2.05. The van der Waals surface area contributed by atoms with Crippen LogP contribution in [0, 0.1) is 17.2 Å². The number of amides is 2. The molecule has 1 atom stereocenters. The van der Waals surface area contributed by atoms with Gasteiger partial charge in [0.25, 0.3) is 0 Å². The van der Waals surface area contributed by atoms with Crippen molar-refractivity contribution in [1.82, 2.24) is 5.32 Å². The topological polar surface area (TPSA) is 96.0 Å². The monoisotopic (exact) mass is 257 g/mol. The van der Waals surface area contributed by atoms with Gasteiger partial charge in [-0.25, -0.2) is 0 Å². The predicted octanol–water partition coefficient (Wildman–Crippen LogP) is 0.481. The van der Waals surface area contributed by atoms with Gasteiger partial charge in [0, 0.05) is 12.3 Å². The molecule has 2 rings (SSSR count). The van der Waals surface area contributed by atoms with Crippen molar-refractivity contribution in [3.8, 4) is 6.07 Å². The van der Waals surface area contributed by atoms with Crippen LogP contribution in [0.5, 0.6) is 0 Å². The summed E-state index contributed by atoms with van der Waals surface area (Å²) in [5.41, 5.74) is 6.63. The SMILES string of the molecule is N#Cc1cccc(C[C@@H](NC(=O)C2CC2)C(N)=O)c1. The fraction of sp³-hybridized carbons (Fsp3) is 0.357. The summed E-state index contributed by atoms with van der Waals surface area (Å²) in [7, 11) is 0. The number of rotatable bonds is 5. The largest absolute Gasteiger partial charge is 0.368 e. The molecule has 0 saturated heterocycles. The van der Waals surface area contributed by atoms with Crippen LogP contribution < -0.4 is 11.1 Å². The molecule has 1 aromatic rings. The molecule has 98 valence electrons. The van der Waals surface area contributed by atoms with Crippen molar-refractivity contribution in [2.24, 2.45) is 11.7 Å². The molecule has 1 aliphatic carbocycles. The maximum atomic E-state index is 11.7. The van der Waals surface area contributed by atoms with Gasteiger partial charge in [0.1, 0.15) is 6.04 Å². The van der Waals surface area contributed by atoms with Gasteiger partial charge in [0.15, 0.2) is 0 Å². The third-order valence-electron chi connectivity index (χ3n) is 3.10. The molecule has 0 heterocycles. The van der Waals surface area contributed by atoms with E-state index in [-0.39, 0.29) is 11.8 Å². The number of benzene rings is 1. The molecule has 5 nitrogen and oxygen atoms in total. The van der Waals surface area contributed by atoms with Gasteiger partial charge in [-0.2, -0.15) is 5.26 Å². The van der Waals surface area contributed by atoms with Crippen LogP contribution in [0.2, 0.25) is 0 Å². The van der Waals surface area contributed by atoms with E-state index in [2.05, 4.69) is 5.32 Å². The summed E-state index contributed by atoms with van der Waals surface area (Å²) in [5, 5.41) is 11.5. The van der Waals surface area contributed by atoms with Crippen LogP contribution in [0.4, 0.5) is 0 Å². The van der Waals surface area contributed by atoms with Crippen LogP contribution in [0.25, 0.3) is 0 Å². The first kappa shape index (κ1) is 13.1. The number of primary amides is 1. The minimum Gasteiger partial charge on any atom is -0.368 e. The van der Waals surface area contributed by atoms with Crippen LogP contribution >= 0.6 is 0 Å². The van der Waals surface area contributed by atoms with Gasteiger partial charge < -0.3 is 11.1 Å². The minimum absolute atomic E-state index is 0.0345. The average Bonchev–Trinajstić information content (AvgIpc) is 3.22. The van der Waals surface area contributed by atoms with E-state index in [1.807, 2.05) is 6.07 Å². The van der Waals surface area contributed by atoms with Crippen LogP contribution in [0.1, 0.15) is 24.0 Å². The highest BCUT2D eigenvalue weighted by atomic mass is 16.2. The zero-order valence-electron chi connectivity index (χ0n) is 10.4. The van der Waals surface area contributed by atoms with E-state index in [1.54, 1.807) is 24.3 Å². The van der Waals surface area contributed by atoms with Crippen molar-refractivity contribution in [2.45, 2.75) is 25.3 Å². The van der Waals surface area contributed by atoms with Crippen LogP contribution in [-0.2, 0) is 16.0 Å². The summed E-state index contributed by atoms with van der Waals surface area (Å²) in [4.78, 5) is 23.0. The number of nitrogens with two attached hydrogens (primary N) is 1. The van der Waals surface area contributed by atoms with Gasteiger partial charge in [-0.3, -0.25) is 9.59 Å². The molecular weight excluding hydrogens is 242 g/mol. The molecule has 5 heteroatoms. The number of nitriles is 1. The number of nitrogens with one attached hydrogen (secondary N) is 1. The molecule has 0 radical (unpaired) electrons. The van der Waals surface area contributed by atoms with Crippen molar-refractivity contribution < 1.29 is 9.59 Å². The molecule has 1 fully saturated rings. The van der Waals surface area contributed by atoms with E-state index >= 15 is 0 Å². The number of hydrogen-bond donors (Lipinski definition) is 2. The maximum Gasteiger partial charge on any atom is 0.240 e. The Bertz CT molecular complexity index is 544. The van der Waals surface area contributed by atoms with E-state index < -0.39 is 11.9 Å². The number of carbonyl (C=O) groups is 2. The Labute approximate surface area is 111 Å². The third kappa shape index (κ3) is 3.55. The Morgan fingerprint density at radius 1 is 1.47 bits per heavy atom. The second-order valence-electron chi connectivity index (χ2n) is 4.75. The lowest BCUT2D eigenvalue weighted by Gasteiger charge is -2.15. The van der Waals surface area contributed by atoms with E-state index in [9.17, 15) is 9.59 Å². The molecule has 0 aliphatic heterocycles. The summed E-state index contributed by atoms with van der Waals surface area (Å²) < 4.78 is 0. The molecule has 1 aromatic carbocycles. The normalized spacial score (nSPS) is 15.3. The number of nitrogens with zero attached hydrogens (tertiary/aromatic N) is 1. The Morgan fingerprint density at radius 3 is 2.79 bits per heavy atom. The summed E-state index contributed by atoms with van der Waals surface area (Å²) in [6.45, 7) is 0. The van der Waals surface area contributed by atoms with Gasteiger partial charge in [-0.1, -0.05) is 12.1 Å². The molecule has 0 unspecified atom stereocenters. The zero-order chi connectivity index (χ0) is 13.8. The van der Waals surface area contributed by atoms with E-state index in [4.69, 9.17) is 11.0 Å². The van der Waals surface area contributed by atoms with Crippen LogP contribution in [0.15, 0.2) is 24.3 Å². The smallest absolute Gasteiger partial charge is 0.240 e. The molecule has 1 aliphatic rings. The lowest BCUT2D eigenvalue weighted by atomic mass is 10.0. The molecule has 3 N–H and O–H groups in total. The maximum absolute atomic E-state index is 11.7. The van der Waals surface area contributed by atoms with Crippen molar-refractivity contribution in [2.75, 3.05) is 0 Å². The first-order valence-corrected chi connectivity index (χ1v) is 6.19. The average molecular weight is 257 g/mol. The van der Waals surface area contributed by atoms with Crippen LogP contribution in [-0.4, -0.2) is 17.9 Å². The standard InChI is InChI=1S/C14H15N3O2/c15-8-10-3-1-2-9(6-10)7-12(13(16)18)17-14(19)11-4-5-11/h1-3,6,11-12H,4-5,7H2,(H2,16,18)(H,17,19)/t12-/m1/s1. The van der Waals surface area contributed by atoms with Crippen LogP contribution in [0.3, 0.4) is 0 Å². The number of carbonyl (C=O) groups excluding carboxylic acids is 2. The predicted molar refractivity (Wildman–Crippen MR) is 68.7 cm³/mol. The zero-order valence-corrected chi connectivity index (χ0v) is 10.4. The summed E-state index contributed by atoms with van der Waals surface area (Å²) in [6.07, 6.45) is 2.06. The summed E-state index contributed by atoms with van der Waals surface area (Å²) in [6, 6.07) is 8.25.